The largest absolute Gasteiger partial charge is 0.354 e. The number of carbonyl (C=O) groups excluding carboxylic acids is 1. The highest BCUT2D eigenvalue weighted by Crippen LogP contribution is 2.25. The minimum atomic E-state index is -0.0469. The summed E-state index contributed by atoms with van der Waals surface area (Å²) in [5, 5.41) is 3.08. The first-order chi connectivity index (χ1) is 16.0. The molecule has 3 heterocycles. The van der Waals surface area contributed by atoms with Gasteiger partial charge in [-0.25, -0.2) is 4.98 Å². The second-order valence-corrected chi connectivity index (χ2v) is 8.87. The third kappa shape index (κ3) is 5.11. The number of hydrogen-bond acceptors (Lipinski definition) is 4. The van der Waals surface area contributed by atoms with Crippen molar-refractivity contribution in [2.45, 2.75) is 40.3 Å². The van der Waals surface area contributed by atoms with Gasteiger partial charge in [-0.2, -0.15) is 0 Å². The molecule has 0 bridgehead atoms. The Labute approximate surface area is 197 Å². The molecular formula is C27H35N5O. The molecule has 0 spiro atoms. The molecule has 1 aromatic carbocycles. The zero-order chi connectivity index (χ0) is 23.4. The molecule has 1 N–H and O–H groups in total. The number of likely N-dealkylation sites (N-methyl/N-ethyl adjacent to an activating group) is 1. The molecule has 3 aromatic rings. The normalized spacial score (nSPS) is 15.5. The Balaban J connectivity index is 1.38. The van der Waals surface area contributed by atoms with Crippen LogP contribution in [0, 0.1) is 13.8 Å². The molecule has 2 aromatic heterocycles. The van der Waals surface area contributed by atoms with Crippen LogP contribution in [0.4, 0.5) is 5.82 Å². The molecule has 1 saturated heterocycles. The fourth-order valence-electron chi connectivity index (χ4n) is 4.76. The highest BCUT2D eigenvalue weighted by Gasteiger charge is 2.20. The fraction of sp³-hybridized carbons (Fsp3) is 0.407. The molecule has 0 saturated carbocycles. The van der Waals surface area contributed by atoms with Gasteiger partial charge in [0, 0.05) is 50.3 Å². The summed E-state index contributed by atoms with van der Waals surface area (Å²) in [5.41, 5.74) is 5.04. The minimum absolute atomic E-state index is 0.0469. The first-order valence-electron chi connectivity index (χ1n) is 11.9. The van der Waals surface area contributed by atoms with E-state index >= 15 is 0 Å². The van der Waals surface area contributed by atoms with Gasteiger partial charge in [-0.15, -0.1) is 0 Å². The van der Waals surface area contributed by atoms with Gasteiger partial charge < -0.3 is 19.7 Å². The zero-order valence-corrected chi connectivity index (χ0v) is 20.2. The van der Waals surface area contributed by atoms with E-state index in [1.807, 2.05) is 25.3 Å². The van der Waals surface area contributed by atoms with E-state index < -0.39 is 0 Å². The predicted molar refractivity (Wildman–Crippen MR) is 134 cm³/mol. The molecule has 1 aliphatic rings. The van der Waals surface area contributed by atoms with Crippen LogP contribution in [-0.4, -0.2) is 53.1 Å². The lowest BCUT2D eigenvalue weighted by Crippen LogP contribution is -2.46. The maximum Gasteiger partial charge on any atom is 0.253 e. The van der Waals surface area contributed by atoms with Crippen molar-refractivity contribution < 1.29 is 4.79 Å². The number of benzene rings is 1. The molecule has 0 radical (unpaired) electrons. The lowest BCUT2D eigenvalue weighted by atomic mass is 10.1. The summed E-state index contributed by atoms with van der Waals surface area (Å²) in [6.45, 7) is 14.2. The van der Waals surface area contributed by atoms with E-state index in [1.54, 1.807) is 0 Å². The van der Waals surface area contributed by atoms with Gasteiger partial charge in [0.1, 0.15) is 5.82 Å². The van der Waals surface area contributed by atoms with Crippen molar-refractivity contribution in [3.05, 3.63) is 82.8 Å². The van der Waals surface area contributed by atoms with Crippen molar-refractivity contribution in [3.63, 3.8) is 0 Å². The molecule has 6 nitrogen and oxygen atoms in total. The van der Waals surface area contributed by atoms with Crippen LogP contribution in [0.2, 0.25) is 0 Å². The van der Waals surface area contributed by atoms with Gasteiger partial charge in [-0.3, -0.25) is 4.79 Å². The van der Waals surface area contributed by atoms with Crippen LogP contribution in [-0.2, 0) is 6.54 Å². The van der Waals surface area contributed by atoms with Crippen LogP contribution in [0.25, 0.3) is 0 Å². The molecule has 33 heavy (non-hydrogen) atoms. The van der Waals surface area contributed by atoms with Crippen LogP contribution in [0.3, 0.4) is 0 Å². The summed E-state index contributed by atoms with van der Waals surface area (Å²) in [6, 6.07) is 16.7. The number of aryl methyl sites for hydroxylation is 1. The third-order valence-corrected chi connectivity index (χ3v) is 6.80. The van der Waals surface area contributed by atoms with Gasteiger partial charge in [0.25, 0.3) is 5.91 Å². The molecule has 1 amide bonds. The lowest BCUT2D eigenvalue weighted by Gasteiger charge is -2.34. The van der Waals surface area contributed by atoms with Gasteiger partial charge >= 0.3 is 0 Å². The van der Waals surface area contributed by atoms with E-state index in [0.29, 0.717) is 6.54 Å². The second-order valence-electron chi connectivity index (χ2n) is 8.87. The lowest BCUT2D eigenvalue weighted by molar-refractivity contribution is 0.0950. The molecule has 1 aliphatic heterocycles. The van der Waals surface area contributed by atoms with E-state index in [9.17, 15) is 4.79 Å². The zero-order valence-electron chi connectivity index (χ0n) is 20.2. The Morgan fingerprint density at radius 2 is 1.79 bits per heavy atom. The summed E-state index contributed by atoms with van der Waals surface area (Å²) >= 11 is 0. The average molecular weight is 446 g/mol. The molecule has 6 heteroatoms. The standard InChI is InChI=1S/C27H35N5O/c1-5-30-13-15-31(16-14-30)26-12-11-23(18-28-26)19-29-27(33)25-17-20(2)32(22(25)4)21(3)24-9-7-6-8-10-24/h6-12,17-18,21H,5,13-16,19H2,1-4H3,(H,29,33). The van der Waals surface area contributed by atoms with Crippen LogP contribution in [0.1, 0.15) is 52.8 Å². The molecule has 0 aliphatic carbocycles. The van der Waals surface area contributed by atoms with E-state index in [2.05, 4.69) is 81.8 Å². The first kappa shape index (κ1) is 23.1. The van der Waals surface area contributed by atoms with Crippen molar-refractivity contribution in [3.8, 4) is 0 Å². The van der Waals surface area contributed by atoms with Crippen LogP contribution in [0.15, 0.2) is 54.7 Å². The Kier molecular flexibility index (Phi) is 7.14. The fourth-order valence-corrected chi connectivity index (χ4v) is 4.76. The van der Waals surface area contributed by atoms with Gasteiger partial charge in [-0.1, -0.05) is 43.3 Å². The maximum atomic E-state index is 13.0. The predicted octanol–water partition coefficient (Wildman–Crippen LogP) is 4.18. The second kappa shape index (κ2) is 10.2. The third-order valence-electron chi connectivity index (χ3n) is 6.80. The number of anilines is 1. The number of amides is 1. The van der Waals surface area contributed by atoms with E-state index in [4.69, 9.17) is 0 Å². The van der Waals surface area contributed by atoms with Crippen LogP contribution >= 0.6 is 0 Å². The van der Waals surface area contributed by atoms with Crippen LogP contribution in [0.5, 0.6) is 0 Å². The number of hydrogen-bond donors (Lipinski definition) is 1. The smallest absolute Gasteiger partial charge is 0.253 e. The quantitative estimate of drug-likeness (QED) is 0.593. The maximum absolute atomic E-state index is 13.0. The highest BCUT2D eigenvalue weighted by atomic mass is 16.1. The number of pyridine rings is 1. The average Bonchev–Trinajstić information content (AvgIpc) is 3.16. The monoisotopic (exact) mass is 445 g/mol. The highest BCUT2D eigenvalue weighted by molar-refractivity contribution is 5.95. The molecule has 174 valence electrons. The Morgan fingerprint density at radius 3 is 2.42 bits per heavy atom. The van der Waals surface area contributed by atoms with E-state index in [-0.39, 0.29) is 11.9 Å². The number of rotatable bonds is 7. The molecule has 1 atom stereocenters. The summed E-state index contributed by atoms with van der Waals surface area (Å²) in [4.78, 5) is 22.4. The Hall–Kier alpha value is -3.12. The molecular weight excluding hydrogens is 410 g/mol. The van der Waals surface area contributed by atoms with Gasteiger partial charge in [0.2, 0.25) is 0 Å². The summed E-state index contributed by atoms with van der Waals surface area (Å²) in [7, 11) is 0. The molecule has 4 rings (SSSR count). The number of piperazine rings is 1. The molecule has 1 unspecified atom stereocenters. The van der Waals surface area contributed by atoms with Crippen molar-refractivity contribution in [2.75, 3.05) is 37.6 Å². The number of nitrogens with one attached hydrogen (secondary N) is 1. The molecule has 1 fully saturated rings. The SMILES string of the molecule is CCN1CCN(c2ccc(CNC(=O)c3cc(C)n(C(C)c4ccccc4)c3C)cn2)CC1. The van der Waals surface area contributed by atoms with Crippen molar-refractivity contribution in [1.82, 2.24) is 19.8 Å². The number of nitrogens with zero attached hydrogens (tertiary/aromatic N) is 4. The number of aromatic nitrogens is 2. The summed E-state index contributed by atoms with van der Waals surface area (Å²) in [5.74, 6) is 0.966. The topological polar surface area (TPSA) is 53.4 Å². The van der Waals surface area contributed by atoms with Gasteiger partial charge in [-0.05, 0) is 50.6 Å². The van der Waals surface area contributed by atoms with Gasteiger partial charge in [0.05, 0.1) is 11.6 Å². The van der Waals surface area contributed by atoms with Gasteiger partial charge in [0.15, 0.2) is 0 Å². The first-order valence-corrected chi connectivity index (χ1v) is 11.9. The minimum Gasteiger partial charge on any atom is -0.354 e. The van der Waals surface area contributed by atoms with Crippen molar-refractivity contribution >= 4 is 11.7 Å². The summed E-state index contributed by atoms with van der Waals surface area (Å²) in [6.07, 6.45) is 1.88. The van der Waals surface area contributed by atoms with Crippen molar-refractivity contribution in [1.29, 1.82) is 0 Å². The summed E-state index contributed by atoms with van der Waals surface area (Å²) < 4.78 is 2.24. The van der Waals surface area contributed by atoms with Crippen molar-refractivity contribution in [2.24, 2.45) is 0 Å². The van der Waals surface area contributed by atoms with Crippen LogP contribution < -0.4 is 10.2 Å². The van der Waals surface area contributed by atoms with E-state index in [1.165, 1.54) is 5.56 Å². The Morgan fingerprint density at radius 1 is 1.06 bits per heavy atom. The number of carbonyl (C=O) groups is 1. The Bertz CT molecular complexity index is 1070. The van der Waals surface area contributed by atoms with E-state index in [0.717, 1.165) is 61.1 Å².